The molecule has 112 valence electrons. The molecular formula is C17H26FNO. The molecule has 2 rings (SSSR count). The van der Waals surface area contributed by atoms with E-state index in [1.54, 1.807) is 6.07 Å². The van der Waals surface area contributed by atoms with E-state index in [1.807, 2.05) is 6.07 Å². The molecule has 20 heavy (non-hydrogen) atoms. The van der Waals surface area contributed by atoms with Gasteiger partial charge in [0.05, 0.1) is 12.3 Å². The number of anilines is 1. The van der Waals surface area contributed by atoms with Crippen LogP contribution >= 0.6 is 0 Å². The lowest BCUT2D eigenvalue weighted by atomic mass is 10.1. The zero-order chi connectivity index (χ0) is 14.5. The number of halogens is 1. The van der Waals surface area contributed by atoms with Gasteiger partial charge in [0.15, 0.2) is 0 Å². The van der Waals surface area contributed by atoms with Crippen molar-refractivity contribution in [2.75, 3.05) is 11.4 Å². The quantitative estimate of drug-likeness (QED) is 0.847. The second kappa shape index (κ2) is 7.07. The van der Waals surface area contributed by atoms with Crippen LogP contribution in [0.5, 0.6) is 0 Å². The van der Waals surface area contributed by atoms with Gasteiger partial charge in [-0.25, -0.2) is 4.39 Å². The first-order valence-electron chi connectivity index (χ1n) is 7.78. The zero-order valence-electron chi connectivity index (χ0n) is 12.6. The summed E-state index contributed by atoms with van der Waals surface area (Å²) in [6, 6.07) is 5.44. The first-order valence-corrected chi connectivity index (χ1v) is 7.78. The molecule has 0 radical (unpaired) electrons. The highest BCUT2D eigenvalue weighted by Gasteiger charge is 2.26. The van der Waals surface area contributed by atoms with Crippen LogP contribution in [0.2, 0.25) is 0 Å². The molecule has 3 heteroatoms. The van der Waals surface area contributed by atoms with Crippen LogP contribution in [-0.2, 0) is 6.61 Å². The summed E-state index contributed by atoms with van der Waals surface area (Å²) < 4.78 is 14.3. The first-order chi connectivity index (χ1) is 9.63. The molecule has 1 N–H and O–H groups in total. The summed E-state index contributed by atoms with van der Waals surface area (Å²) in [5.41, 5.74) is 1.34. The lowest BCUT2D eigenvalue weighted by Gasteiger charge is -2.33. The first kappa shape index (κ1) is 15.3. The van der Waals surface area contributed by atoms with Crippen LogP contribution in [-0.4, -0.2) is 17.7 Å². The Morgan fingerprint density at radius 2 is 2.00 bits per heavy atom. The van der Waals surface area contributed by atoms with Gasteiger partial charge in [0.1, 0.15) is 5.82 Å². The monoisotopic (exact) mass is 279 g/mol. The number of aliphatic hydroxyl groups is 1. The smallest absolute Gasteiger partial charge is 0.146 e. The third-order valence-corrected chi connectivity index (χ3v) is 4.24. The Kier molecular flexibility index (Phi) is 5.41. The van der Waals surface area contributed by atoms with E-state index in [-0.39, 0.29) is 12.4 Å². The van der Waals surface area contributed by atoms with Crippen molar-refractivity contribution in [1.82, 2.24) is 0 Å². The summed E-state index contributed by atoms with van der Waals surface area (Å²) in [5.74, 6) is 0.399. The largest absolute Gasteiger partial charge is 0.392 e. The Morgan fingerprint density at radius 3 is 2.60 bits per heavy atom. The molecule has 0 bridgehead atoms. The maximum absolute atomic E-state index is 14.3. The minimum Gasteiger partial charge on any atom is -0.392 e. The number of nitrogens with zero attached hydrogens (tertiary/aromatic N) is 1. The molecular weight excluding hydrogens is 253 g/mol. The highest BCUT2D eigenvalue weighted by atomic mass is 19.1. The maximum atomic E-state index is 14.3. The van der Waals surface area contributed by atoms with E-state index in [0.717, 1.165) is 25.8 Å². The molecule has 0 saturated heterocycles. The van der Waals surface area contributed by atoms with Crippen molar-refractivity contribution in [3.8, 4) is 0 Å². The van der Waals surface area contributed by atoms with Gasteiger partial charge in [-0.3, -0.25) is 0 Å². The van der Waals surface area contributed by atoms with Gasteiger partial charge in [0.25, 0.3) is 0 Å². The minimum atomic E-state index is -0.202. The molecule has 0 spiro atoms. The Labute approximate surface area is 121 Å². The van der Waals surface area contributed by atoms with Gasteiger partial charge in [-0.2, -0.15) is 0 Å². The molecule has 1 aromatic carbocycles. The normalized spacial score (nSPS) is 16.1. The fourth-order valence-electron chi connectivity index (χ4n) is 3.10. The molecule has 1 aromatic rings. The zero-order valence-corrected chi connectivity index (χ0v) is 12.6. The topological polar surface area (TPSA) is 23.5 Å². The van der Waals surface area contributed by atoms with Crippen molar-refractivity contribution in [3.05, 3.63) is 29.6 Å². The summed E-state index contributed by atoms with van der Waals surface area (Å²) in [6.45, 7) is 5.16. The molecule has 0 amide bonds. The Bertz CT molecular complexity index is 427. The third-order valence-electron chi connectivity index (χ3n) is 4.24. The van der Waals surface area contributed by atoms with E-state index in [4.69, 9.17) is 0 Å². The highest BCUT2D eigenvalue weighted by molar-refractivity contribution is 5.55. The van der Waals surface area contributed by atoms with Crippen molar-refractivity contribution in [3.63, 3.8) is 0 Å². The van der Waals surface area contributed by atoms with Crippen LogP contribution in [0.15, 0.2) is 18.2 Å². The second-order valence-electron chi connectivity index (χ2n) is 6.22. The van der Waals surface area contributed by atoms with Gasteiger partial charge < -0.3 is 10.0 Å². The number of rotatable bonds is 6. The predicted octanol–water partition coefficient (Wildman–Crippen LogP) is 4.11. The van der Waals surface area contributed by atoms with E-state index < -0.39 is 0 Å². The lowest BCUT2D eigenvalue weighted by Crippen LogP contribution is -2.36. The Morgan fingerprint density at radius 1 is 1.30 bits per heavy atom. The minimum absolute atomic E-state index is 0.0992. The molecule has 1 fully saturated rings. The van der Waals surface area contributed by atoms with E-state index in [1.165, 1.54) is 18.9 Å². The molecule has 1 aliphatic rings. The fourth-order valence-corrected chi connectivity index (χ4v) is 3.10. The van der Waals surface area contributed by atoms with E-state index >= 15 is 0 Å². The van der Waals surface area contributed by atoms with Gasteiger partial charge in [-0.15, -0.1) is 0 Å². The van der Waals surface area contributed by atoms with Gasteiger partial charge in [-0.05, 0) is 31.2 Å². The van der Waals surface area contributed by atoms with Crippen LogP contribution in [0.4, 0.5) is 10.1 Å². The van der Waals surface area contributed by atoms with Crippen LogP contribution in [0.25, 0.3) is 0 Å². The molecule has 0 heterocycles. The summed E-state index contributed by atoms with van der Waals surface area (Å²) >= 11 is 0. The van der Waals surface area contributed by atoms with Crippen molar-refractivity contribution in [2.24, 2.45) is 5.92 Å². The van der Waals surface area contributed by atoms with Crippen molar-refractivity contribution in [2.45, 2.75) is 58.6 Å². The van der Waals surface area contributed by atoms with Gasteiger partial charge in [-0.1, -0.05) is 38.8 Å². The van der Waals surface area contributed by atoms with E-state index in [9.17, 15) is 9.50 Å². The van der Waals surface area contributed by atoms with Crippen LogP contribution in [0.3, 0.4) is 0 Å². The summed E-state index contributed by atoms with van der Waals surface area (Å²) in [4.78, 5) is 2.22. The van der Waals surface area contributed by atoms with Gasteiger partial charge in [0, 0.05) is 18.2 Å². The van der Waals surface area contributed by atoms with Crippen molar-refractivity contribution in [1.29, 1.82) is 0 Å². The predicted molar refractivity (Wildman–Crippen MR) is 81.4 cm³/mol. The van der Waals surface area contributed by atoms with Crippen molar-refractivity contribution >= 4 is 5.69 Å². The number of hydrogen-bond acceptors (Lipinski definition) is 2. The molecule has 2 nitrogen and oxygen atoms in total. The summed E-state index contributed by atoms with van der Waals surface area (Å²) in [7, 11) is 0. The van der Waals surface area contributed by atoms with Crippen LogP contribution < -0.4 is 4.90 Å². The number of hydrogen-bond donors (Lipinski definition) is 1. The van der Waals surface area contributed by atoms with E-state index in [0.29, 0.717) is 23.2 Å². The molecule has 1 saturated carbocycles. The molecule has 0 atom stereocenters. The molecule has 0 unspecified atom stereocenters. The number of aliphatic hydroxyl groups excluding tert-OH is 1. The summed E-state index contributed by atoms with van der Waals surface area (Å²) in [6.07, 6.45) is 5.78. The van der Waals surface area contributed by atoms with Gasteiger partial charge in [0.2, 0.25) is 0 Å². The maximum Gasteiger partial charge on any atom is 0.146 e. The summed E-state index contributed by atoms with van der Waals surface area (Å²) in [5, 5.41) is 9.52. The number of benzene rings is 1. The third kappa shape index (κ3) is 3.51. The van der Waals surface area contributed by atoms with Crippen LogP contribution in [0.1, 0.15) is 51.5 Å². The van der Waals surface area contributed by atoms with Crippen LogP contribution in [0, 0.1) is 11.7 Å². The molecule has 0 aliphatic heterocycles. The molecule has 1 aliphatic carbocycles. The SMILES string of the molecule is CC(C)CCN(c1c(F)cccc1CO)C1CCCC1. The number of para-hydroxylation sites is 1. The van der Waals surface area contributed by atoms with E-state index in [2.05, 4.69) is 18.7 Å². The lowest BCUT2D eigenvalue weighted by molar-refractivity contribution is 0.281. The standard InChI is InChI=1S/C17H26FNO/c1-13(2)10-11-19(15-7-3-4-8-15)17-14(12-20)6-5-9-16(17)18/h5-6,9,13,15,20H,3-4,7-8,10-12H2,1-2H3. The second-order valence-corrected chi connectivity index (χ2v) is 6.22. The average Bonchev–Trinajstić information content (AvgIpc) is 2.94. The fraction of sp³-hybridized carbons (Fsp3) is 0.647. The molecule has 0 aromatic heterocycles. The van der Waals surface area contributed by atoms with Gasteiger partial charge >= 0.3 is 0 Å². The average molecular weight is 279 g/mol. The highest BCUT2D eigenvalue weighted by Crippen LogP contribution is 2.33. The van der Waals surface area contributed by atoms with Crippen molar-refractivity contribution < 1.29 is 9.50 Å². The Hall–Kier alpha value is -1.09. The Balaban J connectivity index is 2.29.